The van der Waals surface area contributed by atoms with E-state index in [0.717, 1.165) is 36.0 Å². The van der Waals surface area contributed by atoms with Crippen LogP contribution in [0.1, 0.15) is 35.9 Å². The van der Waals surface area contributed by atoms with Crippen LogP contribution in [0.5, 0.6) is 0 Å². The molecule has 2 N–H and O–H groups in total. The number of halogens is 1. The van der Waals surface area contributed by atoms with Gasteiger partial charge in [0.2, 0.25) is 0 Å². The van der Waals surface area contributed by atoms with Gasteiger partial charge in [-0.3, -0.25) is 4.68 Å². The number of aromatic nitrogens is 2. The fourth-order valence-electron chi connectivity index (χ4n) is 2.65. The Bertz CT molecular complexity index is 604. The Hall–Kier alpha value is -1.13. The highest BCUT2D eigenvalue weighted by atomic mass is 79.9. The minimum Gasteiger partial charge on any atom is -0.327 e. The van der Waals surface area contributed by atoms with Crippen LogP contribution in [0.15, 0.2) is 28.7 Å². The van der Waals surface area contributed by atoms with Crippen LogP contribution in [0, 0.1) is 13.8 Å². The molecule has 1 aromatic heterocycles. The molecule has 4 heteroatoms. The van der Waals surface area contributed by atoms with Gasteiger partial charge in [-0.05, 0) is 60.7 Å². The van der Waals surface area contributed by atoms with E-state index in [2.05, 4.69) is 59.1 Å². The first-order valence-corrected chi connectivity index (χ1v) is 8.34. The highest BCUT2D eigenvalue weighted by Crippen LogP contribution is 2.23. The van der Waals surface area contributed by atoms with Gasteiger partial charge in [-0.15, -0.1) is 0 Å². The van der Waals surface area contributed by atoms with E-state index >= 15 is 0 Å². The van der Waals surface area contributed by atoms with Crippen molar-refractivity contribution in [1.29, 1.82) is 0 Å². The van der Waals surface area contributed by atoms with Gasteiger partial charge in [-0.1, -0.05) is 24.3 Å². The summed E-state index contributed by atoms with van der Waals surface area (Å²) in [6, 6.07) is 8.69. The van der Waals surface area contributed by atoms with Gasteiger partial charge in [0.25, 0.3) is 0 Å². The molecule has 2 aromatic rings. The lowest BCUT2D eigenvalue weighted by molar-refractivity contribution is 0.552. The second-order valence-corrected chi connectivity index (χ2v) is 6.38. The standard InChI is InChI=1S/C17H24BrN3/c1-4-21-16(17(18)13(3)20-21)11-15(19)10-9-14-8-6-5-7-12(14)2/h5-8,15H,4,9-11,19H2,1-3H3. The lowest BCUT2D eigenvalue weighted by atomic mass is 9.99. The minimum atomic E-state index is 0.155. The van der Waals surface area contributed by atoms with Crippen LogP contribution in [0.3, 0.4) is 0 Å². The molecule has 0 bridgehead atoms. The Morgan fingerprint density at radius 1 is 1.29 bits per heavy atom. The van der Waals surface area contributed by atoms with E-state index in [-0.39, 0.29) is 6.04 Å². The summed E-state index contributed by atoms with van der Waals surface area (Å²) >= 11 is 3.64. The fourth-order valence-corrected chi connectivity index (χ4v) is 3.09. The van der Waals surface area contributed by atoms with Crippen molar-refractivity contribution in [3.05, 3.63) is 51.3 Å². The van der Waals surface area contributed by atoms with Crippen molar-refractivity contribution in [1.82, 2.24) is 9.78 Å². The molecule has 0 aliphatic carbocycles. The Labute approximate surface area is 135 Å². The van der Waals surface area contributed by atoms with Gasteiger partial charge in [0, 0.05) is 19.0 Å². The topological polar surface area (TPSA) is 43.8 Å². The van der Waals surface area contributed by atoms with E-state index in [1.807, 2.05) is 11.6 Å². The third kappa shape index (κ3) is 3.95. The number of benzene rings is 1. The molecule has 1 atom stereocenters. The summed E-state index contributed by atoms with van der Waals surface area (Å²) in [5.74, 6) is 0. The van der Waals surface area contributed by atoms with Crippen molar-refractivity contribution in [3.63, 3.8) is 0 Å². The number of hydrogen-bond donors (Lipinski definition) is 1. The molecule has 1 heterocycles. The summed E-state index contributed by atoms with van der Waals surface area (Å²) in [5, 5.41) is 4.53. The molecule has 0 saturated heterocycles. The van der Waals surface area contributed by atoms with Crippen molar-refractivity contribution < 1.29 is 0 Å². The van der Waals surface area contributed by atoms with Crippen LogP contribution < -0.4 is 5.73 Å². The van der Waals surface area contributed by atoms with Crippen molar-refractivity contribution in [2.45, 2.75) is 52.6 Å². The quantitative estimate of drug-likeness (QED) is 0.862. The molecule has 0 amide bonds. The van der Waals surface area contributed by atoms with Crippen molar-refractivity contribution >= 4 is 15.9 Å². The number of nitrogens with two attached hydrogens (primary N) is 1. The number of aryl methyl sites for hydroxylation is 4. The predicted octanol–water partition coefficient (Wildman–Crippen LogP) is 3.78. The first-order valence-electron chi connectivity index (χ1n) is 7.54. The zero-order valence-corrected chi connectivity index (χ0v) is 14.7. The van der Waals surface area contributed by atoms with Gasteiger partial charge in [0.1, 0.15) is 0 Å². The minimum absolute atomic E-state index is 0.155. The molecule has 21 heavy (non-hydrogen) atoms. The van der Waals surface area contributed by atoms with E-state index in [9.17, 15) is 0 Å². The highest BCUT2D eigenvalue weighted by molar-refractivity contribution is 9.10. The Kier molecular flexibility index (Phi) is 5.59. The van der Waals surface area contributed by atoms with E-state index in [1.165, 1.54) is 16.8 Å². The summed E-state index contributed by atoms with van der Waals surface area (Å²) < 4.78 is 3.16. The van der Waals surface area contributed by atoms with Crippen LogP contribution in [-0.2, 0) is 19.4 Å². The lowest BCUT2D eigenvalue weighted by Gasteiger charge is -2.14. The van der Waals surface area contributed by atoms with Crippen LogP contribution in [0.2, 0.25) is 0 Å². The smallest absolute Gasteiger partial charge is 0.0738 e. The van der Waals surface area contributed by atoms with Gasteiger partial charge in [-0.25, -0.2) is 0 Å². The molecular weight excluding hydrogens is 326 g/mol. The summed E-state index contributed by atoms with van der Waals surface area (Å²) in [4.78, 5) is 0. The average Bonchev–Trinajstić information content (AvgIpc) is 2.74. The van der Waals surface area contributed by atoms with Gasteiger partial charge >= 0.3 is 0 Å². The second-order valence-electron chi connectivity index (χ2n) is 5.59. The molecule has 0 fully saturated rings. The van der Waals surface area contributed by atoms with Crippen LogP contribution >= 0.6 is 15.9 Å². The van der Waals surface area contributed by atoms with Crippen LogP contribution in [-0.4, -0.2) is 15.8 Å². The summed E-state index contributed by atoms with van der Waals surface area (Å²) in [6.45, 7) is 7.18. The van der Waals surface area contributed by atoms with Crippen LogP contribution in [0.4, 0.5) is 0 Å². The molecular formula is C17H24BrN3. The molecule has 0 aliphatic rings. The molecule has 0 radical (unpaired) electrons. The number of hydrogen-bond acceptors (Lipinski definition) is 2. The molecule has 3 nitrogen and oxygen atoms in total. The second kappa shape index (κ2) is 7.23. The van der Waals surface area contributed by atoms with E-state index in [4.69, 9.17) is 5.73 Å². The van der Waals surface area contributed by atoms with Gasteiger partial charge < -0.3 is 5.73 Å². The maximum atomic E-state index is 6.34. The number of nitrogens with zero attached hydrogens (tertiary/aromatic N) is 2. The van der Waals surface area contributed by atoms with Crippen LogP contribution in [0.25, 0.3) is 0 Å². The molecule has 2 rings (SSSR count). The van der Waals surface area contributed by atoms with Gasteiger partial charge in [0.15, 0.2) is 0 Å². The average molecular weight is 350 g/mol. The van der Waals surface area contributed by atoms with Crippen molar-refractivity contribution in [2.75, 3.05) is 0 Å². The zero-order valence-electron chi connectivity index (χ0n) is 13.1. The molecule has 1 aromatic carbocycles. The van der Waals surface area contributed by atoms with E-state index in [0.29, 0.717) is 0 Å². The first-order chi connectivity index (χ1) is 10.0. The SMILES string of the molecule is CCn1nc(C)c(Br)c1CC(N)CCc1ccccc1C. The van der Waals surface area contributed by atoms with Crippen molar-refractivity contribution in [2.24, 2.45) is 5.73 Å². The predicted molar refractivity (Wildman–Crippen MR) is 91.5 cm³/mol. The molecule has 0 saturated carbocycles. The van der Waals surface area contributed by atoms with Gasteiger partial charge in [0.05, 0.1) is 15.9 Å². The molecule has 0 spiro atoms. The highest BCUT2D eigenvalue weighted by Gasteiger charge is 2.15. The first kappa shape index (κ1) is 16.2. The Morgan fingerprint density at radius 2 is 2.00 bits per heavy atom. The Morgan fingerprint density at radius 3 is 2.67 bits per heavy atom. The summed E-state index contributed by atoms with van der Waals surface area (Å²) in [5.41, 5.74) is 11.3. The van der Waals surface area contributed by atoms with E-state index < -0.39 is 0 Å². The molecule has 114 valence electrons. The molecule has 0 aliphatic heterocycles. The van der Waals surface area contributed by atoms with E-state index in [1.54, 1.807) is 0 Å². The maximum Gasteiger partial charge on any atom is 0.0738 e. The van der Waals surface area contributed by atoms with Gasteiger partial charge in [-0.2, -0.15) is 5.10 Å². The number of rotatable bonds is 6. The third-order valence-corrected chi connectivity index (χ3v) is 4.99. The maximum absolute atomic E-state index is 6.34. The largest absolute Gasteiger partial charge is 0.327 e. The fraction of sp³-hybridized carbons (Fsp3) is 0.471. The normalized spacial score (nSPS) is 12.6. The Balaban J connectivity index is 1.99. The summed E-state index contributed by atoms with van der Waals surface area (Å²) in [6.07, 6.45) is 2.89. The zero-order chi connectivity index (χ0) is 15.4. The lowest BCUT2D eigenvalue weighted by Crippen LogP contribution is -2.25. The van der Waals surface area contributed by atoms with Crippen molar-refractivity contribution in [3.8, 4) is 0 Å². The monoisotopic (exact) mass is 349 g/mol. The molecule has 1 unspecified atom stereocenters. The summed E-state index contributed by atoms with van der Waals surface area (Å²) in [7, 11) is 0. The third-order valence-electron chi connectivity index (χ3n) is 3.95.